The van der Waals surface area contributed by atoms with Gasteiger partial charge in [-0.2, -0.15) is 0 Å². The van der Waals surface area contributed by atoms with E-state index < -0.39 is 16.1 Å². The quantitative estimate of drug-likeness (QED) is 0.246. The van der Waals surface area contributed by atoms with Gasteiger partial charge in [0, 0.05) is 32.0 Å². The number of ether oxygens (including phenoxy) is 1. The summed E-state index contributed by atoms with van der Waals surface area (Å²) in [6.07, 6.45) is 2.51. The van der Waals surface area contributed by atoms with Gasteiger partial charge in [-0.3, -0.25) is 13.9 Å². The van der Waals surface area contributed by atoms with Crippen molar-refractivity contribution < 1.29 is 22.7 Å². The van der Waals surface area contributed by atoms with Gasteiger partial charge in [-0.15, -0.1) is 0 Å². The fourth-order valence-corrected chi connectivity index (χ4v) is 5.80. The van der Waals surface area contributed by atoms with E-state index in [4.69, 9.17) is 16.3 Å². The number of benzene rings is 3. The van der Waals surface area contributed by atoms with E-state index >= 15 is 0 Å². The highest BCUT2D eigenvalue weighted by Crippen LogP contribution is 2.30. The second-order valence-corrected chi connectivity index (χ2v) is 12.6. The summed E-state index contributed by atoms with van der Waals surface area (Å²) in [5.41, 5.74) is 2.21. The molecule has 0 saturated carbocycles. The molecule has 3 aromatic rings. The van der Waals surface area contributed by atoms with E-state index in [1.807, 2.05) is 74.5 Å². The van der Waals surface area contributed by atoms with Crippen molar-refractivity contribution in [1.82, 2.24) is 10.2 Å². The molecule has 0 fully saturated rings. The number of carbonyl (C=O) groups is 2. The van der Waals surface area contributed by atoms with Gasteiger partial charge in [0.15, 0.2) is 0 Å². The standard InChI is InChI=1S/C32H40ClN3O5S/c1-5-24(2)34-32(38)29(21-25-13-8-6-9-14-25)35(23-26-15-10-7-11-16-26)31(37)17-12-20-36(42(4,39)40)27-18-19-30(41-3)28(33)22-27/h6-11,13-16,18-19,22,24,29H,5,12,17,20-21,23H2,1-4H3,(H,34,38)/t24-,29-/m0/s1. The zero-order valence-electron chi connectivity index (χ0n) is 24.6. The molecular formula is C32H40ClN3O5S. The summed E-state index contributed by atoms with van der Waals surface area (Å²) < 4.78 is 31.8. The summed E-state index contributed by atoms with van der Waals surface area (Å²) in [5.74, 6) is -0.0239. The van der Waals surface area contributed by atoms with Crippen LogP contribution in [0.1, 0.15) is 44.2 Å². The molecule has 1 N–H and O–H groups in total. The minimum Gasteiger partial charge on any atom is -0.495 e. The van der Waals surface area contributed by atoms with E-state index in [1.54, 1.807) is 17.0 Å². The van der Waals surface area contributed by atoms with Gasteiger partial charge in [-0.1, -0.05) is 79.2 Å². The Hall–Kier alpha value is -3.56. The molecule has 0 aliphatic heterocycles. The summed E-state index contributed by atoms with van der Waals surface area (Å²) in [6.45, 7) is 4.24. The number of sulfonamides is 1. The number of rotatable bonds is 15. The van der Waals surface area contributed by atoms with Crippen LogP contribution in [0.3, 0.4) is 0 Å². The Labute approximate surface area is 254 Å². The maximum atomic E-state index is 13.9. The molecule has 3 rings (SSSR count). The largest absolute Gasteiger partial charge is 0.495 e. The fraction of sp³-hybridized carbons (Fsp3) is 0.375. The highest BCUT2D eigenvalue weighted by Gasteiger charge is 2.31. The van der Waals surface area contributed by atoms with Gasteiger partial charge in [0.2, 0.25) is 21.8 Å². The minimum atomic E-state index is -3.66. The van der Waals surface area contributed by atoms with Crippen LogP contribution in [0.25, 0.3) is 0 Å². The first-order chi connectivity index (χ1) is 20.0. The van der Waals surface area contributed by atoms with Crippen LogP contribution in [0.2, 0.25) is 5.02 Å². The van der Waals surface area contributed by atoms with E-state index in [0.29, 0.717) is 17.9 Å². The zero-order chi connectivity index (χ0) is 30.7. The number of hydrogen-bond donors (Lipinski definition) is 1. The zero-order valence-corrected chi connectivity index (χ0v) is 26.2. The van der Waals surface area contributed by atoms with Crippen LogP contribution in [-0.2, 0) is 32.6 Å². The first-order valence-corrected chi connectivity index (χ1v) is 16.2. The van der Waals surface area contributed by atoms with E-state index in [-0.39, 0.29) is 48.8 Å². The highest BCUT2D eigenvalue weighted by atomic mass is 35.5. The average Bonchev–Trinajstić information content (AvgIpc) is 2.97. The normalized spacial score (nSPS) is 12.7. The number of nitrogens with zero attached hydrogens (tertiary/aromatic N) is 2. The second-order valence-electron chi connectivity index (χ2n) is 10.3. The van der Waals surface area contributed by atoms with Crippen molar-refractivity contribution in [1.29, 1.82) is 0 Å². The number of carbonyl (C=O) groups excluding carboxylic acids is 2. The van der Waals surface area contributed by atoms with Crippen molar-refractivity contribution in [3.05, 3.63) is 95.0 Å². The molecule has 42 heavy (non-hydrogen) atoms. The lowest BCUT2D eigenvalue weighted by atomic mass is 10.0. The first-order valence-electron chi connectivity index (χ1n) is 14.0. The van der Waals surface area contributed by atoms with Gasteiger partial charge in [-0.25, -0.2) is 8.42 Å². The molecule has 2 atom stereocenters. The predicted octanol–water partition coefficient (Wildman–Crippen LogP) is 5.45. The number of amides is 2. The molecule has 0 aromatic heterocycles. The van der Waals surface area contributed by atoms with Crippen LogP contribution in [0.5, 0.6) is 5.75 Å². The van der Waals surface area contributed by atoms with Crippen LogP contribution in [0.15, 0.2) is 78.9 Å². The molecular weight excluding hydrogens is 574 g/mol. The summed E-state index contributed by atoms with van der Waals surface area (Å²) in [4.78, 5) is 29.1. The third-order valence-electron chi connectivity index (χ3n) is 7.04. The molecule has 0 radical (unpaired) electrons. The van der Waals surface area contributed by atoms with Crippen molar-refractivity contribution in [2.45, 2.75) is 58.2 Å². The van der Waals surface area contributed by atoms with Gasteiger partial charge in [-0.05, 0) is 49.1 Å². The van der Waals surface area contributed by atoms with Crippen molar-refractivity contribution in [3.8, 4) is 5.75 Å². The summed E-state index contributed by atoms with van der Waals surface area (Å²) in [7, 11) is -2.18. The van der Waals surface area contributed by atoms with E-state index in [9.17, 15) is 18.0 Å². The minimum absolute atomic E-state index is 0.0463. The smallest absolute Gasteiger partial charge is 0.243 e. The molecule has 0 unspecified atom stereocenters. The van der Waals surface area contributed by atoms with Crippen LogP contribution in [-0.4, -0.2) is 57.1 Å². The molecule has 8 nitrogen and oxygen atoms in total. The van der Waals surface area contributed by atoms with Crippen molar-refractivity contribution >= 4 is 39.1 Å². The Bertz CT molecular complexity index is 1420. The Morgan fingerprint density at radius 2 is 1.60 bits per heavy atom. The lowest BCUT2D eigenvalue weighted by Crippen LogP contribution is -2.52. The molecule has 0 aliphatic carbocycles. The first kappa shape index (κ1) is 32.9. The third kappa shape index (κ3) is 9.49. The summed E-state index contributed by atoms with van der Waals surface area (Å²) in [5, 5.41) is 3.34. The molecule has 0 bridgehead atoms. The third-order valence-corrected chi connectivity index (χ3v) is 8.53. The van der Waals surface area contributed by atoms with Crippen molar-refractivity contribution in [2.75, 3.05) is 24.2 Å². The van der Waals surface area contributed by atoms with Crippen LogP contribution in [0, 0.1) is 0 Å². The van der Waals surface area contributed by atoms with Crippen LogP contribution < -0.4 is 14.4 Å². The number of anilines is 1. The summed E-state index contributed by atoms with van der Waals surface area (Å²) >= 11 is 6.26. The van der Waals surface area contributed by atoms with Crippen molar-refractivity contribution in [3.63, 3.8) is 0 Å². The molecule has 0 saturated heterocycles. The van der Waals surface area contributed by atoms with Gasteiger partial charge < -0.3 is 15.0 Å². The number of methoxy groups -OCH3 is 1. The predicted molar refractivity (Wildman–Crippen MR) is 168 cm³/mol. The number of halogens is 1. The van der Waals surface area contributed by atoms with Gasteiger partial charge in [0.05, 0.1) is 24.1 Å². The molecule has 3 aromatic carbocycles. The van der Waals surface area contributed by atoms with Crippen LogP contribution >= 0.6 is 11.6 Å². The molecule has 0 aliphatic rings. The fourth-order valence-electron chi connectivity index (χ4n) is 4.59. The topological polar surface area (TPSA) is 96.0 Å². The van der Waals surface area contributed by atoms with E-state index in [0.717, 1.165) is 23.8 Å². The maximum Gasteiger partial charge on any atom is 0.243 e. The number of nitrogens with one attached hydrogen (secondary N) is 1. The second kappa shape index (κ2) is 15.6. The van der Waals surface area contributed by atoms with Gasteiger partial charge in [0.25, 0.3) is 0 Å². The monoisotopic (exact) mass is 613 g/mol. The Morgan fingerprint density at radius 3 is 2.14 bits per heavy atom. The highest BCUT2D eigenvalue weighted by molar-refractivity contribution is 7.92. The average molecular weight is 614 g/mol. The van der Waals surface area contributed by atoms with Gasteiger partial charge in [0.1, 0.15) is 11.8 Å². The molecule has 0 spiro atoms. The number of hydrogen-bond acceptors (Lipinski definition) is 5. The Morgan fingerprint density at radius 1 is 0.976 bits per heavy atom. The maximum absolute atomic E-state index is 13.9. The molecule has 226 valence electrons. The van der Waals surface area contributed by atoms with E-state index in [2.05, 4.69) is 5.32 Å². The lowest BCUT2D eigenvalue weighted by Gasteiger charge is -2.32. The SMILES string of the molecule is CC[C@H](C)NC(=O)[C@H](Cc1ccccc1)N(Cc1ccccc1)C(=O)CCCN(c1ccc(OC)c(Cl)c1)S(C)(=O)=O. The van der Waals surface area contributed by atoms with Gasteiger partial charge >= 0.3 is 0 Å². The van der Waals surface area contributed by atoms with Crippen LogP contribution in [0.4, 0.5) is 5.69 Å². The lowest BCUT2D eigenvalue weighted by molar-refractivity contribution is -0.141. The van der Waals surface area contributed by atoms with E-state index in [1.165, 1.54) is 17.5 Å². The Balaban J connectivity index is 1.87. The molecule has 2 amide bonds. The summed E-state index contributed by atoms with van der Waals surface area (Å²) in [6, 6.07) is 23.1. The molecule has 0 heterocycles. The van der Waals surface area contributed by atoms with Crippen molar-refractivity contribution in [2.24, 2.45) is 0 Å². The Kier molecular flexibility index (Phi) is 12.2. The molecule has 10 heteroatoms.